The molecule has 0 aliphatic heterocycles. The first kappa shape index (κ1) is 15.5. The Hall–Kier alpha value is -2.99. The first-order valence-corrected chi connectivity index (χ1v) is 8.28. The first-order valence-electron chi connectivity index (χ1n) is 8.28. The van der Waals surface area contributed by atoms with Crippen LogP contribution in [0.2, 0.25) is 0 Å². The molecule has 0 saturated heterocycles. The highest BCUT2D eigenvalue weighted by Crippen LogP contribution is 2.22. The zero-order chi connectivity index (χ0) is 17.2. The summed E-state index contributed by atoms with van der Waals surface area (Å²) >= 11 is 0. The number of hydrogen-bond donors (Lipinski definition) is 0. The molecule has 1 aromatic carbocycles. The highest BCUT2D eigenvalue weighted by molar-refractivity contribution is 5.39. The highest BCUT2D eigenvalue weighted by atomic mass is 15.3. The fourth-order valence-corrected chi connectivity index (χ4v) is 2.96. The van der Waals surface area contributed by atoms with Crippen LogP contribution in [-0.2, 0) is 6.54 Å². The predicted octanol–water partition coefficient (Wildman–Crippen LogP) is 3.11. The van der Waals surface area contributed by atoms with Crippen molar-refractivity contribution in [3.63, 3.8) is 0 Å². The van der Waals surface area contributed by atoms with Crippen LogP contribution in [0.3, 0.4) is 0 Å². The van der Waals surface area contributed by atoms with Crippen LogP contribution in [0.4, 0.5) is 0 Å². The van der Waals surface area contributed by atoms with Crippen LogP contribution >= 0.6 is 0 Å². The van der Waals surface area contributed by atoms with E-state index in [-0.39, 0.29) is 6.04 Å². The number of fused-ring (bicyclic) bond motifs is 1. The molecule has 0 unspecified atom stereocenters. The van der Waals surface area contributed by atoms with E-state index in [0.717, 1.165) is 23.6 Å². The van der Waals surface area contributed by atoms with Crippen LogP contribution in [0.15, 0.2) is 67.5 Å². The van der Waals surface area contributed by atoms with Crippen molar-refractivity contribution in [1.82, 2.24) is 29.0 Å². The molecule has 0 N–H and O–H groups in total. The van der Waals surface area contributed by atoms with E-state index in [0.29, 0.717) is 0 Å². The summed E-state index contributed by atoms with van der Waals surface area (Å²) in [5.74, 6) is 0. The lowest BCUT2D eigenvalue weighted by molar-refractivity contribution is 0.250. The predicted molar refractivity (Wildman–Crippen MR) is 96.4 cm³/mol. The Kier molecular flexibility index (Phi) is 4.03. The Bertz CT molecular complexity index is 922. The van der Waals surface area contributed by atoms with Gasteiger partial charge in [-0.1, -0.05) is 18.2 Å². The van der Waals surface area contributed by atoms with E-state index in [1.807, 2.05) is 24.4 Å². The summed E-state index contributed by atoms with van der Waals surface area (Å²) in [6.07, 6.45) is 7.36. The number of benzene rings is 1. The Balaban J connectivity index is 1.48. The van der Waals surface area contributed by atoms with E-state index in [1.54, 1.807) is 17.3 Å². The molecule has 0 radical (unpaired) electrons. The molecule has 3 aromatic heterocycles. The summed E-state index contributed by atoms with van der Waals surface area (Å²) in [5.41, 5.74) is 4.32. The highest BCUT2D eigenvalue weighted by Gasteiger charge is 2.14. The normalized spacial score (nSPS) is 12.8. The minimum Gasteiger partial charge on any atom is -0.307 e. The van der Waals surface area contributed by atoms with Gasteiger partial charge >= 0.3 is 0 Å². The lowest BCUT2D eigenvalue weighted by Crippen LogP contribution is -2.22. The zero-order valence-electron chi connectivity index (χ0n) is 14.3. The molecule has 1 atom stereocenters. The minimum absolute atomic E-state index is 0.287. The van der Waals surface area contributed by atoms with Crippen molar-refractivity contribution in [2.24, 2.45) is 0 Å². The molecule has 6 heteroatoms. The van der Waals surface area contributed by atoms with Gasteiger partial charge in [-0.05, 0) is 43.8 Å². The zero-order valence-corrected chi connectivity index (χ0v) is 14.3. The van der Waals surface area contributed by atoms with Gasteiger partial charge < -0.3 is 4.40 Å². The molecule has 4 rings (SSSR count). The van der Waals surface area contributed by atoms with Crippen molar-refractivity contribution in [2.75, 3.05) is 7.05 Å². The van der Waals surface area contributed by atoms with E-state index >= 15 is 0 Å². The van der Waals surface area contributed by atoms with E-state index < -0.39 is 0 Å². The van der Waals surface area contributed by atoms with Crippen LogP contribution in [0.25, 0.3) is 11.3 Å². The monoisotopic (exact) mass is 332 g/mol. The molecule has 4 aromatic rings. The van der Waals surface area contributed by atoms with E-state index in [1.165, 1.54) is 5.56 Å². The van der Waals surface area contributed by atoms with Gasteiger partial charge in [0, 0.05) is 25.0 Å². The Morgan fingerprint density at radius 1 is 1.12 bits per heavy atom. The summed E-state index contributed by atoms with van der Waals surface area (Å²) in [6.45, 7) is 3.01. The molecule has 0 aliphatic carbocycles. The fourth-order valence-electron chi connectivity index (χ4n) is 2.96. The second-order valence-corrected chi connectivity index (χ2v) is 6.22. The summed E-state index contributed by atoms with van der Waals surface area (Å²) in [6, 6.07) is 14.8. The minimum atomic E-state index is 0.287. The SMILES string of the molecule is C[C@@H](c1ccc(-n2cncn2)cc1)N(C)Cc1cn2ccccc2n1. The average molecular weight is 332 g/mol. The maximum atomic E-state index is 4.68. The molecule has 0 spiro atoms. The van der Waals surface area contributed by atoms with Crippen molar-refractivity contribution in [1.29, 1.82) is 0 Å². The van der Waals surface area contributed by atoms with Crippen LogP contribution in [0.5, 0.6) is 0 Å². The number of aromatic nitrogens is 5. The number of nitrogens with zero attached hydrogens (tertiary/aromatic N) is 6. The van der Waals surface area contributed by atoms with Gasteiger partial charge in [0.2, 0.25) is 0 Å². The van der Waals surface area contributed by atoms with E-state index in [2.05, 4.69) is 68.8 Å². The fraction of sp³-hybridized carbons (Fsp3) is 0.211. The smallest absolute Gasteiger partial charge is 0.138 e. The van der Waals surface area contributed by atoms with Crippen molar-refractivity contribution in [3.05, 3.63) is 78.8 Å². The van der Waals surface area contributed by atoms with Gasteiger partial charge in [-0.3, -0.25) is 4.90 Å². The third-order valence-corrected chi connectivity index (χ3v) is 4.55. The second kappa shape index (κ2) is 6.49. The maximum Gasteiger partial charge on any atom is 0.138 e. The van der Waals surface area contributed by atoms with Gasteiger partial charge in [-0.15, -0.1) is 0 Å². The van der Waals surface area contributed by atoms with Gasteiger partial charge in [0.05, 0.1) is 11.4 Å². The van der Waals surface area contributed by atoms with Crippen LogP contribution in [0, 0.1) is 0 Å². The Morgan fingerprint density at radius 2 is 1.96 bits per heavy atom. The topological polar surface area (TPSA) is 51.2 Å². The van der Waals surface area contributed by atoms with Crippen molar-refractivity contribution in [2.45, 2.75) is 19.5 Å². The molecule has 0 aliphatic rings. The van der Waals surface area contributed by atoms with E-state index in [9.17, 15) is 0 Å². The Labute approximate surface area is 146 Å². The molecule has 6 nitrogen and oxygen atoms in total. The quantitative estimate of drug-likeness (QED) is 0.563. The van der Waals surface area contributed by atoms with Gasteiger partial charge in [-0.25, -0.2) is 14.6 Å². The lowest BCUT2D eigenvalue weighted by Gasteiger charge is -2.24. The molecule has 0 bridgehead atoms. The lowest BCUT2D eigenvalue weighted by atomic mass is 10.1. The van der Waals surface area contributed by atoms with Crippen LogP contribution in [-0.4, -0.2) is 36.1 Å². The second-order valence-electron chi connectivity index (χ2n) is 6.22. The molecular formula is C19H20N6. The number of rotatable bonds is 5. The number of pyridine rings is 1. The molecular weight excluding hydrogens is 312 g/mol. The van der Waals surface area contributed by atoms with Crippen LogP contribution in [0.1, 0.15) is 24.2 Å². The summed E-state index contributed by atoms with van der Waals surface area (Å²) in [4.78, 5) is 11.0. The summed E-state index contributed by atoms with van der Waals surface area (Å²) < 4.78 is 3.82. The third-order valence-electron chi connectivity index (χ3n) is 4.55. The number of hydrogen-bond acceptors (Lipinski definition) is 4. The molecule has 0 fully saturated rings. The first-order chi connectivity index (χ1) is 12.2. The molecule has 0 saturated carbocycles. The Morgan fingerprint density at radius 3 is 2.68 bits per heavy atom. The maximum absolute atomic E-state index is 4.68. The van der Waals surface area contributed by atoms with Gasteiger partial charge in [-0.2, -0.15) is 5.10 Å². The standard InChI is InChI=1S/C19H20N6/c1-15(16-6-8-18(9-7-16)25-14-20-13-21-25)23(2)11-17-12-24-10-4-3-5-19(24)22-17/h3-10,12-15H,11H2,1-2H3/t15-/m0/s1. The molecule has 126 valence electrons. The van der Waals surface area contributed by atoms with E-state index in [4.69, 9.17) is 0 Å². The summed E-state index contributed by atoms with van der Waals surface area (Å²) in [5, 5.41) is 4.16. The summed E-state index contributed by atoms with van der Waals surface area (Å²) in [7, 11) is 2.13. The largest absolute Gasteiger partial charge is 0.307 e. The third kappa shape index (κ3) is 3.16. The number of imidazole rings is 1. The molecule has 3 heterocycles. The van der Waals surface area contributed by atoms with Gasteiger partial charge in [0.15, 0.2) is 0 Å². The van der Waals surface area contributed by atoms with Gasteiger partial charge in [0.25, 0.3) is 0 Å². The van der Waals surface area contributed by atoms with Crippen molar-refractivity contribution in [3.8, 4) is 5.69 Å². The van der Waals surface area contributed by atoms with Crippen molar-refractivity contribution >= 4 is 5.65 Å². The molecule has 0 amide bonds. The van der Waals surface area contributed by atoms with Gasteiger partial charge in [0.1, 0.15) is 18.3 Å². The average Bonchev–Trinajstić information content (AvgIpc) is 3.30. The van der Waals surface area contributed by atoms with Crippen molar-refractivity contribution < 1.29 is 0 Å². The van der Waals surface area contributed by atoms with Crippen LogP contribution < -0.4 is 0 Å². The molecule has 25 heavy (non-hydrogen) atoms.